The zero-order valence-corrected chi connectivity index (χ0v) is 28.1. The lowest BCUT2D eigenvalue weighted by atomic mass is 9.99. The molecule has 3 N–H and O–H groups in total. The lowest BCUT2D eigenvalue weighted by molar-refractivity contribution is 0.0691. The summed E-state index contributed by atoms with van der Waals surface area (Å²) in [5.41, 5.74) is 5.20. The van der Waals surface area contributed by atoms with Gasteiger partial charge in [-0.2, -0.15) is 0 Å². The van der Waals surface area contributed by atoms with E-state index in [1.807, 2.05) is 25.1 Å². The van der Waals surface area contributed by atoms with E-state index in [4.69, 9.17) is 0 Å². The van der Waals surface area contributed by atoms with Crippen molar-refractivity contribution in [3.05, 3.63) is 123 Å². The summed E-state index contributed by atoms with van der Waals surface area (Å²) in [5, 5.41) is 21.1. The molecule has 5 aromatic rings. The highest BCUT2D eigenvalue weighted by Gasteiger charge is 2.57. The number of aryl methyl sites for hydroxylation is 1. The number of carbonyl (C=O) groups is 1. The van der Waals surface area contributed by atoms with Crippen molar-refractivity contribution in [3.8, 4) is 17.0 Å². The van der Waals surface area contributed by atoms with Crippen molar-refractivity contribution in [1.82, 2.24) is 19.4 Å². The molecule has 246 valence electrons. The Morgan fingerprint density at radius 3 is 2.06 bits per heavy atom. The molecule has 1 saturated carbocycles. The number of nitrogens with zero attached hydrogens (tertiary/aromatic N) is 3. The Labute approximate surface area is 286 Å². The molecule has 1 saturated heterocycles. The predicted octanol–water partition coefficient (Wildman–Crippen LogP) is 6.48. The van der Waals surface area contributed by atoms with E-state index in [1.54, 1.807) is 0 Å². The number of hydrogen-bond acceptors (Lipinski definition) is 5. The Morgan fingerprint density at radius 1 is 0.915 bits per heavy atom. The number of aromatic nitrogens is 2. The zero-order valence-electron chi connectivity index (χ0n) is 26.4. The smallest absolute Gasteiger partial charge is 0.345 e. The first-order chi connectivity index (χ1) is 21.8. The van der Waals surface area contributed by atoms with E-state index in [0.717, 1.165) is 49.2 Å². The van der Waals surface area contributed by atoms with E-state index < -0.39 is 22.8 Å². The number of aromatic carboxylic acids is 1. The number of aromatic amines is 1. The van der Waals surface area contributed by atoms with Crippen LogP contribution in [0.5, 0.6) is 5.75 Å². The Morgan fingerprint density at radius 2 is 1.51 bits per heavy atom. The average Bonchev–Trinajstić information content (AvgIpc) is 3.36. The van der Waals surface area contributed by atoms with Gasteiger partial charge >= 0.3 is 5.97 Å². The monoisotopic (exact) mass is 674 g/mol. The molecule has 47 heavy (non-hydrogen) atoms. The van der Waals surface area contributed by atoms with Gasteiger partial charge in [-0.3, -0.25) is 14.6 Å². The molecule has 3 aromatic carbocycles. The third kappa shape index (κ3) is 6.56. The number of likely N-dealkylation sites (tertiary alicyclic amines) is 1. The summed E-state index contributed by atoms with van der Waals surface area (Å²) in [4.78, 5) is 32.0. The number of benzene rings is 3. The first-order valence-electron chi connectivity index (χ1n) is 15.7. The summed E-state index contributed by atoms with van der Waals surface area (Å²) in [6.45, 7) is 6.77. The maximum absolute atomic E-state index is 12.5. The van der Waals surface area contributed by atoms with Gasteiger partial charge in [0.1, 0.15) is 5.75 Å². The highest BCUT2D eigenvalue weighted by molar-refractivity contribution is 5.92. The molecule has 8 nitrogen and oxygen atoms in total. The molecule has 7 rings (SSSR count). The molecule has 2 aliphatic rings. The second-order valence-electron chi connectivity index (χ2n) is 12.5. The first-order valence-corrected chi connectivity index (χ1v) is 15.7. The Hall–Kier alpha value is -4.08. The maximum atomic E-state index is 12.5. The minimum absolute atomic E-state index is 0. The molecule has 2 aromatic heterocycles. The van der Waals surface area contributed by atoms with Crippen LogP contribution in [0.25, 0.3) is 22.2 Å². The van der Waals surface area contributed by atoms with Gasteiger partial charge in [-0.15, -0.1) is 24.8 Å². The normalized spacial score (nSPS) is 18.5. The van der Waals surface area contributed by atoms with Crippen molar-refractivity contribution in [2.45, 2.75) is 39.0 Å². The quantitative estimate of drug-likeness (QED) is 0.157. The van der Waals surface area contributed by atoms with E-state index in [0.29, 0.717) is 35.6 Å². The van der Waals surface area contributed by atoms with E-state index >= 15 is 0 Å². The zero-order chi connectivity index (χ0) is 31.2. The molecule has 1 aliphatic heterocycles. The minimum atomic E-state index is -1.44. The van der Waals surface area contributed by atoms with Gasteiger partial charge in [-0.1, -0.05) is 73.7 Å². The van der Waals surface area contributed by atoms with Crippen LogP contribution < -0.4 is 5.56 Å². The number of aromatic hydroxyl groups is 1. The second kappa shape index (κ2) is 14.0. The van der Waals surface area contributed by atoms with Crippen LogP contribution >= 0.6 is 24.8 Å². The van der Waals surface area contributed by atoms with E-state index in [-0.39, 0.29) is 24.8 Å². The van der Waals surface area contributed by atoms with Gasteiger partial charge in [0.2, 0.25) is 0 Å². The number of hydrogen-bond donors (Lipinski definition) is 3. The van der Waals surface area contributed by atoms with Crippen molar-refractivity contribution in [2.24, 2.45) is 18.9 Å². The third-order valence-electron chi connectivity index (χ3n) is 9.78. The molecule has 3 atom stereocenters. The average molecular weight is 676 g/mol. The number of pyridine rings is 1. The molecule has 0 bridgehead atoms. The molecular weight excluding hydrogens is 635 g/mol. The Kier molecular flexibility index (Phi) is 10.2. The summed E-state index contributed by atoms with van der Waals surface area (Å²) in [7, 11) is 2.09. The number of nitrogens with one attached hydrogen (secondary N) is 1. The van der Waals surface area contributed by atoms with Gasteiger partial charge in [0, 0.05) is 68.0 Å². The fourth-order valence-corrected chi connectivity index (χ4v) is 7.52. The molecule has 0 spiro atoms. The Bertz CT molecular complexity index is 1890. The van der Waals surface area contributed by atoms with Crippen LogP contribution in [-0.4, -0.2) is 54.7 Å². The van der Waals surface area contributed by atoms with Gasteiger partial charge in [0.15, 0.2) is 5.56 Å². The molecule has 1 aliphatic carbocycles. The SMILES string of the molecule is CCc1c(-c2ccc3c(c2)cc(CN2C[C@@H]4[C@H](C2)[C@@H]4N(Cc2ccccc2)Cc2ccccc2)n3C)[nH]c(=O)c(C(=O)O)c1O.Cl.Cl. The lowest BCUT2D eigenvalue weighted by Crippen LogP contribution is -2.34. The molecule has 3 heterocycles. The molecule has 0 radical (unpaired) electrons. The summed E-state index contributed by atoms with van der Waals surface area (Å²) in [6.07, 6.45) is 0.378. The molecule has 10 heteroatoms. The van der Waals surface area contributed by atoms with Crippen LogP contribution in [0.4, 0.5) is 0 Å². The molecular formula is C37H40Cl2N4O4. The van der Waals surface area contributed by atoms with Gasteiger partial charge < -0.3 is 19.8 Å². The van der Waals surface area contributed by atoms with E-state index in [2.05, 4.69) is 93.1 Å². The van der Waals surface area contributed by atoms with Crippen molar-refractivity contribution in [3.63, 3.8) is 0 Å². The summed E-state index contributed by atoms with van der Waals surface area (Å²) < 4.78 is 2.23. The van der Waals surface area contributed by atoms with Gasteiger partial charge in [-0.05, 0) is 53.1 Å². The lowest BCUT2D eigenvalue weighted by Gasteiger charge is -2.28. The van der Waals surface area contributed by atoms with Crippen LogP contribution in [0.1, 0.15) is 39.7 Å². The van der Waals surface area contributed by atoms with Gasteiger partial charge in [0.05, 0.1) is 5.69 Å². The first kappa shape index (κ1) is 34.3. The predicted molar refractivity (Wildman–Crippen MR) is 190 cm³/mol. The van der Waals surface area contributed by atoms with Crippen molar-refractivity contribution >= 4 is 41.7 Å². The standard InChI is InChI=1S/C37H38N4O4.2ClH/c1-3-28-33(38-36(43)32(35(28)42)37(44)45)25-14-15-31-26(16-25)17-27(39(31)2)20-40-21-29-30(22-40)34(29)41(18-23-10-6-4-7-11-23)19-24-12-8-5-9-13-24;;/h4-17,29-30,34H,3,18-22H2,1-2H3,(H,44,45)(H2,38,42,43);2*1H/t29-,30+,34-;;. The fourth-order valence-electron chi connectivity index (χ4n) is 7.52. The molecule has 0 unspecified atom stereocenters. The number of halogens is 2. The molecule has 2 fully saturated rings. The number of fused-ring (bicyclic) bond motifs is 2. The molecule has 0 amide bonds. The largest absolute Gasteiger partial charge is 0.506 e. The third-order valence-corrected chi connectivity index (χ3v) is 9.78. The Balaban J connectivity index is 0.00000217. The maximum Gasteiger partial charge on any atom is 0.345 e. The van der Waals surface area contributed by atoms with E-state index in [9.17, 15) is 19.8 Å². The highest BCUT2D eigenvalue weighted by Crippen LogP contribution is 2.50. The topological polar surface area (TPSA) is 102 Å². The number of rotatable bonds is 10. The number of piperidine rings is 1. The van der Waals surface area contributed by atoms with Crippen molar-refractivity contribution < 1.29 is 15.0 Å². The van der Waals surface area contributed by atoms with Crippen LogP contribution in [0.3, 0.4) is 0 Å². The second-order valence-corrected chi connectivity index (χ2v) is 12.5. The van der Waals surface area contributed by atoms with Crippen molar-refractivity contribution in [1.29, 1.82) is 0 Å². The summed E-state index contributed by atoms with van der Waals surface area (Å²) >= 11 is 0. The summed E-state index contributed by atoms with van der Waals surface area (Å²) in [6, 6.07) is 30.3. The minimum Gasteiger partial charge on any atom is -0.506 e. The van der Waals surface area contributed by atoms with Crippen LogP contribution in [0.2, 0.25) is 0 Å². The number of H-pyrrole nitrogens is 1. The summed E-state index contributed by atoms with van der Waals surface area (Å²) in [5.74, 6) is -0.562. The highest BCUT2D eigenvalue weighted by atomic mass is 35.5. The van der Waals surface area contributed by atoms with Crippen molar-refractivity contribution in [2.75, 3.05) is 13.1 Å². The van der Waals surface area contributed by atoms with Gasteiger partial charge in [-0.25, -0.2) is 4.79 Å². The van der Waals surface area contributed by atoms with Gasteiger partial charge in [0.25, 0.3) is 5.56 Å². The van der Waals surface area contributed by atoms with Crippen LogP contribution in [-0.2, 0) is 33.1 Å². The number of carboxylic acids is 1. The van der Waals surface area contributed by atoms with E-state index in [1.165, 1.54) is 16.8 Å². The van der Waals surface area contributed by atoms with Crippen LogP contribution in [0, 0.1) is 11.8 Å². The number of carboxylic acid groups (broad SMARTS) is 1. The fraction of sp³-hybridized carbons (Fsp3) is 0.297. The van der Waals surface area contributed by atoms with Crippen LogP contribution in [0.15, 0.2) is 89.7 Å².